The number of ketones is 1. The van der Waals surface area contributed by atoms with Crippen LogP contribution in [-0.2, 0) is 4.79 Å². The second kappa shape index (κ2) is 4.75. The zero-order valence-corrected chi connectivity index (χ0v) is 8.62. The van der Waals surface area contributed by atoms with Gasteiger partial charge < -0.3 is 5.11 Å². The van der Waals surface area contributed by atoms with E-state index in [0.717, 1.165) is 12.8 Å². The monoisotopic (exact) mass is 184 g/mol. The summed E-state index contributed by atoms with van der Waals surface area (Å²) in [5, 5.41) is 9.64. The molecular formula is C11H20O2. The average molecular weight is 184 g/mol. The number of rotatable bonds is 6. The summed E-state index contributed by atoms with van der Waals surface area (Å²) in [6.45, 7) is 4.04. The Balaban J connectivity index is 2.26. The highest BCUT2D eigenvalue weighted by Gasteiger charge is 2.29. The van der Waals surface area contributed by atoms with E-state index < -0.39 is 6.10 Å². The fraction of sp³-hybridized carbons (Fsp3) is 0.909. The summed E-state index contributed by atoms with van der Waals surface area (Å²) in [6.07, 6.45) is 4.24. The average Bonchev–Trinajstić information content (AvgIpc) is 2.87. The van der Waals surface area contributed by atoms with Crippen molar-refractivity contribution in [1.29, 1.82) is 0 Å². The minimum atomic E-state index is -0.708. The first-order valence-corrected chi connectivity index (χ1v) is 5.36. The van der Waals surface area contributed by atoms with Gasteiger partial charge in [0.15, 0.2) is 5.78 Å². The van der Waals surface area contributed by atoms with Crippen molar-refractivity contribution in [2.45, 2.75) is 52.1 Å². The molecule has 1 N–H and O–H groups in total. The van der Waals surface area contributed by atoms with Crippen LogP contribution in [-0.4, -0.2) is 17.0 Å². The van der Waals surface area contributed by atoms with Crippen LogP contribution in [0.4, 0.5) is 0 Å². The van der Waals surface area contributed by atoms with Crippen molar-refractivity contribution in [3.8, 4) is 0 Å². The van der Waals surface area contributed by atoms with Gasteiger partial charge in [-0.2, -0.15) is 0 Å². The minimum absolute atomic E-state index is 0.0588. The second-order valence-corrected chi connectivity index (χ2v) is 4.32. The fourth-order valence-corrected chi connectivity index (χ4v) is 1.66. The van der Waals surface area contributed by atoms with Crippen LogP contribution in [0.25, 0.3) is 0 Å². The molecule has 0 radical (unpaired) electrons. The summed E-state index contributed by atoms with van der Waals surface area (Å²) in [5.41, 5.74) is 0. The van der Waals surface area contributed by atoms with Gasteiger partial charge in [0.1, 0.15) is 6.10 Å². The summed E-state index contributed by atoms with van der Waals surface area (Å²) in [5.74, 6) is 0.788. The topological polar surface area (TPSA) is 37.3 Å². The number of aliphatic hydroxyl groups excluding tert-OH is 1. The summed E-state index contributed by atoms with van der Waals surface area (Å²) in [6, 6.07) is 0. The molecule has 76 valence electrons. The molecule has 0 saturated heterocycles. The first kappa shape index (κ1) is 10.7. The number of carbonyl (C=O) groups is 1. The summed E-state index contributed by atoms with van der Waals surface area (Å²) >= 11 is 0. The van der Waals surface area contributed by atoms with Crippen molar-refractivity contribution in [3.05, 3.63) is 0 Å². The van der Waals surface area contributed by atoms with Crippen LogP contribution in [0, 0.1) is 11.8 Å². The minimum Gasteiger partial charge on any atom is -0.385 e. The standard InChI is InChI=1S/C11H20O2/c1-3-4-8(2)11(13)10(12)7-9-5-6-9/h8-9,11,13H,3-7H2,1-2H3/t8-,11?/m0/s1. The third-order valence-electron chi connectivity index (χ3n) is 2.80. The SMILES string of the molecule is CCC[C@H](C)C(O)C(=O)CC1CC1. The van der Waals surface area contributed by atoms with E-state index >= 15 is 0 Å². The van der Waals surface area contributed by atoms with Gasteiger partial charge in [-0.3, -0.25) is 4.79 Å². The Morgan fingerprint density at radius 3 is 2.62 bits per heavy atom. The summed E-state index contributed by atoms with van der Waals surface area (Å²) < 4.78 is 0. The highest BCUT2D eigenvalue weighted by molar-refractivity contribution is 5.83. The summed E-state index contributed by atoms with van der Waals surface area (Å²) in [7, 11) is 0. The molecule has 2 atom stereocenters. The van der Waals surface area contributed by atoms with Gasteiger partial charge in [-0.15, -0.1) is 0 Å². The molecule has 0 spiro atoms. The lowest BCUT2D eigenvalue weighted by Crippen LogP contribution is -2.27. The van der Waals surface area contributed by atoms with Crippen molar-refractivity contribution in [1.82, 2.24) is 0 Å². The predicted octanol–water partition coefficient (Wildman–Crippen LogP) is 2.15. The van der Waals surface area contributed by atoms with Crippen molar-refractivity contribution < 1.29 is 9.90 Å². The Labute approximate surface area is 80.3 Å². The van der Waals surface area contributed by atoms with E-state index in [0.29, 0.717) is 12.3 Å². The number of carbonyl (C=O) groups excluding carboxylic acids is 1. The molecular weight excluding hydrogens is 164 g/mol. The van der Waals surface area contributed by atoms with Gasteiger partial charge in [-0.25, -0.2) is 0 Å². The molecule has 0 bridgehead atoms. The van der Waals surface area contributed by atoms with E-state index in [4.69, 9.17) is 0 Å². The lowest BCUT2D eigenvalue weighted by molar-refractivity contribution is -0.129. The molecule has 0 aromatic rings. The van der Waals surface area contributed by atoms with Crippen molar-refractivity contribution in [3.63, 3.8) is 0 Å². The van der Waals surface area contributed by atoms with E-state index in [1.807, 2.05) is 6.92 Å². The first-order chi connectivity index (χ1) is 6.15. The molecule has 1 fully saturated rings. The van der Waals surface area contributed by atoms with Crippen LogP contribution in [0.15, 0.2) is 0 Å². The molecule has 1 unspecified atom stereocenters. The highest BCUT2D eigenvalue weighted by Crippen LogP contribution is 2.33. The zero-order valence-electron chi connectivity index (χ0n) is 8.62. The van der Waals surface area contributed by atoms with Crippen molar-refractivity contribution in [2.75, 3.05) is 0 Å². The summed E-state index contributed by atoms with van der Waals surface area (Å²) in [4.78, 5) is 11.5. The van der Waals surface area contributed by atoms with E-state index in [2.05, 4.69) is 6.92 Å². The van der Waals surface area contributed by atoms with Crippen LogP contribution in [0.5, 0.6) is 0 Å². The maximum absolute atomic E-state index is 11.5. The Morgan fingerprint density at radius 1 is 1.54 bits per heavy atom. The van der Waals surface area contributed by atoms with Crippen molar-refractivity contribution in [2.24, 2.45) is 11.8 Å². The molecule has 1 rings (SSSR count). The Hall–Kier alpha value is -0.370. The molecule has 1 aliphatic rings. The Bertz CT molecular complexity index is 173. The Kier molecular flexibility index (Phi) is 3.91. The second-order valence-electron chi connectivity index (χ2n) is 4.32. The van der Waals surface area contributed by atoms with E-state index in [-0.39, 0.29) is 11.7 Å². The van der Waals surface area contributed by atoms with E-state index in [9.17, 15) is 9.90 Å². The van der Waals surface area contributed by atoms with Crippen molar-refractivity contribution >= 4 is 5.78 Å². The van der Waals surface area contributed by atoms with Crippen LogP contribution < -0.4 is 0 Å². The molecule has 0 aromatic heterocycles. The lowest BCUT2D eigenvalue weighted by Gasteiger charge is -2.16. The van der Waals surface area contributed by atoms with Gasteiger partial charge in [0.25, 0.3) is 0 Å². The highest BCUT2D eigenvalue weighted by atomic mass is 16.3. The van der Waals surface area contributed by atoms with E-state index in [1.165, 1.54) is 12.8 Å². The van der Waals surface area contributed by atoms with Crippen LogP contribution in [0.2, 0.25) is 0 Å². The normalized spacial score (nSPS) is 21.2. The van der Waals surface area contributed by atoms with Gasteiger partial charge in [0.05, 0.1) is 0 Å². The van der Waals surface area contributed by atoms with Crippen LogP contribution in [0.3, 0.4) is 0 Å². The predicted molar refractivity (Wildman–Crippen MR) is 52.4 cm³/mol. The van der Waals surface area contributed by atoms with Gasteiger partial charge in [0.2, 0.25) is 0 Å². The largest absolute Gasteiger partial charge is 0.385 e. The third kappa shape index (κ3) is 3.47. The van der Waals surface area contributed by atoms with Crippen LogP contribution >= 0.6 is 0 Å². The molecule has 0 amide bonds. The quantitative estimate of drug-likeness (QED) is 0.686. The van der Waals surface area contributed by atoms with Gasteiger partial charge in [-0.05, 0) is 31.1 Å². The molecule has 2 nitrogen and oxygen atoms in total. The maximum atomic E-state index is 11.5. The molecule has 0 aromatic carbocycles. The van der Waals surface area contributed by atoms with E-state index in [1.54, 1.807) is 0 Å². The van der Waals surface area contributed by atoms with Crippen LogP contribution in [0.1, 0.15) is 46.0 Å². The van der Waals surface area contributed by atoms with Gasteiger partial charge >= 0.3 is 0 Å². The maximum Gasteiger partial charge on any atom is 0.161 e. The molecule has 13 heavy (non-hydrogen) atoms. The lowest BCUT2D eigenvalue weighted by atomic mass is 9.94. The van der Waals surface area contributed by atoms with Gasteiger partial charge in [0, 0.05) is 6.42 Å². The Morgan fingerprint density at radius 2 is 2.15 bits per heavy atom. The zero-order chi connectivity index (χ0) is 9.84. The fourth-order valence-electron chi connectivity index (χ4n) is 1.66. The van der Waals surface area contributed by atoms with Gasteiger partial charge in [-0.1, -0.05) is 20.3 Å². The smallest absolute Gasteiger partial charge is 0.161 e. The molecule has 0 heterocycles. The molecule has 2 heteroatoms. The third-order valence-corrected chi connectivity index (χ3v) is 2.80. The first-order valence-electron chi connectivity index (χ1n) is 5.36. The molecule has 0 aliphatic heterocycles. The number of Topliss-reactive ketones (excluding diaryl/α,β-unsaturated/α-hetero) is 1. The number of aliphatic hydroxyl groups is 1. The number of hydrogen-bond acceptors (Lipinski definition) is 2. The number of hydrogen-bond donors (Lipinski definition) is 1. The molecule has 1 aliphatic carbocycles. The molecule has 1 saturated carbocycles.